The minimum Gasteiger partial charge on any atom is -0.481 e. The van der Waals surface area contributed by atoms with Gasteiger partial charge in [-0.2, -0.15) is 0 Å². The van der Waals surface area contributed by atoms with Gasteiger partial charge in [-0.3, -0.25) is 9.59 Å². The van der Waals surface area contributed by atoms with Gasteiger partial charge in [0.25, 0.3) is 0 Å². The second kappa shape index (κ2) is 6.11. The van der Waals surface area contributed by atoms with Gasteiger partial charge in [0.2, 0.25) is 5.91 Å². The quantitative estimate of drug-likeness (QED) is 0.773. The van der Waals surface area contributed by atoms with E-state index in [1.165, 1.54) is 9.80 Å². The summed E-state index contributed by atoms with van der Waals surface area (Å²) < 4.78 is 0. The molecule has 1 fully saturated rings. The van der Waals surface area contributed by atoms with Gasteiger partial charge < -0.3 is 20.2 Å². The van der Waals surface area contributed by atoms with Crippen molar-refractivity contribution in [3.05, 3.63) is 0 Å². The van der Waals surface area contributed by atoms with E-state index in [1.807, 2.05) is 0 Å². The number of hydrogen-bond donors (Lipinski definition) is 2. The number of likely N-dealkylation sites (tertiary alicyclic amines) is 1. The summed E-state index contributed by atoms with van der Waals surface area (Å²) in [6, 6.07) is -0.231. The van der Waals surface area contributed by atoms with Gasteiger partial charge in [-0.1, -0.05) is 6.92 Å². The summed E-state index contributed by atoms with van der Waals surface area (Å²) in [6.07, 6.45) is 0.451. The lowest BCUT2D eigenvalue weighted by Crippen LogP contribution is -2.45. The van der Waals surface area contributed by atoms with Crippen molar-refractivity contribution in [1.82, 2.24) is 15.1 Å². The third-order valence-electron chi connectivity index (χ3n) is 3.83. The Kier molecular flexibility index (Phi) is 4.97. The van der Waals surface area contributed by atoms with Crippen molar-refractivity contribution in [1.29, 1.82) is 0 Å². The predicted octanol–water partition coefficient (Wildman–Crippen LogP) is 0.217. The summed E-state index contributed by atoms with van der Waals surface area (Å²) >= 11 is 0. The molecule has 0 aromatic heterocycles. The van der Waals surface area contributed by atoms with Crippen molar-refractivity contribution < 1.29 is 19.5 Å². The molecule has 2 unspecified atom stereocenters. The second-order valence-corrected chi connectivity index (χ2v) is 5.72. The molecule has 0 spiro atoms. The molecule has 2 atom stereocenters. The summed E-state index contributed by atoms with van der Waals surface area (Å²) in [5.74, 6) is -1.31. The summed E-state index contributed by atoms with van der Waals surface area (Å²) in [5.41, 5.74) is -0.872. The summed E-state index contributed by atoms with van der Waals surface area (Å²) in [6.45, 7) is 4.34. The lowest BCUT2D eigenvalue weighted by molar-refractivity contribution is -0.147. The Labute approximate surface area is 118 Å². The van der Waals surface area contributed by atoms with Gasteiger partial charge in [-0.05, 0) is 13.3 Å². The monoisotopic (exact) mass is 285 g/mol. The Morgan fingerprint density at radius 3 is 2.50 bits per heavy atom. The van der Waals surface area contributed by atoms with Crippen LogP contribution in [-0.2, 0) is 9.59 Å². The zero-order valence-corrected chi connectivity index (χ0v) is 12.5. The number of nitrogens with one attached hydrogen (secondary N) is 1. The van der Waals surface area contributed by atoms with E-state index >= 15 is 0 Å². The highest BCUT2D eigenvalue weighted by atomic mass is 16.4. The molecule has 7 heteroatoms. The summed E-state index contributed by atoms with van der Waals surface area (Å²) in [7, 11) is 3.18. The molecule has 114 valence electrons. The fourth-order valence-electron chi connectivity index (χ4n) is 2.36. The number of carboxylic acids is 1. The first-order valence-electron chi connectivity index (χ1n) is 6.66. The van der Waals surface area contributed by atoms with Crippen LogP contribution in [0.15, 0.2) is 0 Å². The van der Waals surface area contributed by atoms with Crippen LogP contribution in [0.4, 0.5) is 4.79 Å². The van der Waals surface area contributed by atoms with Crippen molar-refractivity contribution in [2.75, 3.05) is 33.7 Å². The maximum atomic E-state index is 12.2. The average Bonchev–Trinajstić information content (AvgIpc) is 2.80. The van der Waals surface area contributed by atoms with Crippen LogP contribution in [0.25, 0.3) is 0 Å². The molecule has 0 aromatic carbocycles. The number of carboxylic acid groups (broad SMARTS) is 1. The first kappa shape index (κ1) is 16.3. The van der Waals surface area contributed by atoms with Crippen molar-refractivity contribution in [3.8, 4) is 0 Å². The number of nitrogens with zero attached hydrogens (tertiary/aromatic N) is 2. The molecule has 0 bridgehead atoms. The summed E-state index contributed by atoms with van der Waals surface area (Å²) in [4.78, 5) is 37.8. The van der Waals surface area contributed by atoms with Crippen LogP contribution in [0.3, 0.4) is 0 Å². The molecule has 1 aliphatic rings. The van der Waals surface area contributed by atoms with Crippen LogP contribution in [0.1, 0.15) is 20.3 Å². The SMILES string of the molecule is CNC(=O)C(C)CN(C)C(=O)N1CCC(C)(C(=O)O)C1. The Morgan fingerprint density at radius 2 is 2.05 bits per heavy atom. The largest absolute Gasteiger partial charge is 0.481 e. The molecule has 1 saturated heterocycles. The Balaban J connectivity index is 2.59. The fraction of sp³-hybridized carbons (Fsp3) is 0.769. The molecule has 1 aliphatic heterocycles. The van der Waals surface area contributed by atoms with Crippen LogP contribution in [-0.4, -0.2) is 66.5 Å². The van der Waals surface area contributed by atoms with Crippen LogP contribution in [0.2, 0.25) is 0 Å². The number of urea groups is 1. The van der Waals surface area contributed by atoms with E-state index in [0.717, 1.165) is 0 Å². The Morgan fingerprint density at radius 1 is 1.45 bits per heavy atom. The maximum absolute atomic E-state index is 12.2. The van der Waals surface area contributed by atoms with E-state index < -0.39 is 11.4 Å². The molecule has 0 aliphatic carbocycles. The van der Waals surface area contributed by atoms with Gasteiger partial charge in [0, 0.05) is 33.7 Å². The zero-order valence-electron chi connectivity index (χ0n) is 12.5. The van der Waals surface area contributed by atoms with Crippen molar-refractivity contribution in [3.63, 3.8) is 0 Å². The van der Waals surface area contributed by atoms with Crippen molar-refractivity contribution >= 4 is 17.9 Å². The number of carbonyl (C=O) groups excluding carboxylic acids is 2. The Bertz CT molecular complexity index is 412. The third kappa shape index (κ3) is 3.40. The van der Waals surface area contributed by atoms with Gasteiger partial charge in [0.1, 0.15) is 0 Å². The maximum Gasteiger partial charge on any atom is 0.319 e. The van der Waals surface area contributed by atoms with Crippen LogP contribution in [0.5, 0.6) is 0 Å². The molecule has 1 rings (SSSR count). The number of carbonyl (C=O) groups is 3. The molecular weight excluding hydrogens is 262 g/mol. The van der Waals surface area contributed by atoms with Gasteiger partial charge in [0.05, 0.1) is 11.3 Å². The first-order valence-corrected chi connectivity index (χ1v) is 6.66. The Hall–Kier alpha value is -1.79. The van der Waals surface area contributed by atoms with Crippen LogP contribution < -0.4 is 5.32 Å². The van der Waals surface area contributed by atoms with E-state index in [-0.39, 0.29) is 24.4 Å². The fourth-order valence-corrected chi connectivity index (χ4v) is 2.36. The highest BCUT2D eigenvalue weighted by Gasteiger charge is 2.42. The van der Waals surface area contributed by atoms with Crippen LogP contribution in [0, 0.1) is 11.3 Å². The smallest absolute Gasteiger partial charge is 0.319 e. The molecule has 0 radical (unpaired) electrons. The van der Waals surface area contributed by atoms with E-state index in [9.17, 15) is 14.4 Å². The molecule has 7 nitrogen and oxygen atoms in total. The zero-order chi connectivity index (χ0) is 15.5. The minimum atomic E-state index is -0.880. The van der Waals surface area contributed by atoms with E-state index in [1.54, 1.807) is 27.9 Å². The predicted molar refractivity (Wildman–Crippen MR) is 73.2 cm³/mol. The van der Waals surface area contributed by atoms with E-state index in [4.69, 9.17) is 5.11 Å². The van der Waals surface area contributed by atoms with Gasteiger partial charge in [0.15, 0.2) is 0 Å². The average molecular weight is 285 g/mol. The number of hydrogen-bond acceptors (Lipinski definition) is 3. The summed E-state index contributed by atoms with van der Waals surface area (Å²) in [5, 5.41) is 11.7. The highest BCUT2D eigenvalue weighted by molar-refractivity contribution is 5.81. The molecule has 20 heavy (non-hydrogen) atoms. The highest BCUT2D eigenvalue weighted by Crippen LogP contribution is 2.30. The van der Waals surface area contributed by atoms with Gasteiger partial charge >= 0.3 is 12.0 Å². The second-order valence-electron chi connectivity index (χ2n) is 5.72. The van der Waals surface area contributed by atoms with Crippen LogP contribution >= 0.6 is 0 Å². The first-order chi connectivity index (χ1) is 9.21. The van der Waals surface area contributed by atoms with Gasteiger partial charge in [-0.25, -0.2) is 4.79 Å². The number of aliphatic carboxylic acids is 1. The lowest BCUT2D eigenvalue weighted by atomic mass is 9.90. The molecule has 0 aromatic rings. The number of rotatable bonds is 4. The van der Waals surface area contributed by atoms with Gasteiger partial charge in [-0.15, -0.1) is 0 Å². The third-order valence-corrected chi connectivity index (χ3v) is 3.83. The molecule has 0 saturated carbocycles. The minimum absolute atomic E-state index is 0.124. The topological polar surface area (TPSA) is 90.0 Å². The normalized spacial score (nSPS) is 23.3. The standard InChI is InChI=1S/C13H23N3O4/c1-9(10(17)14-3)7-15(4)12(20)16-6-5-13(2,8-16)11(18)19/h9H,5-8H2,1-4H3,(H,14,17)(H,18,19). The number of amides is 3. The molecular formula is C13H23N3O4. The molecule has 2 N–H and O–H groups in total. The molecule has 3 amide bonds. The van der Waals surface area contributed by atoms with E-state index in [0.29, 0.717) is 19.5 Å². The van der Waals surface area contributed by atoms with Crippen molar-refractivity contribution in [2.45, 2.75) is 20.3 Å². The lowest BCUT2D eigenvalue weighted by Gasteiger charge is -2.27. The van der Waals surface area contributed by atoms with Crippen molar-refractivity contribution in [2.24, 2.45) is 11.3 Å². The molecule has 1 heterocycles. The van der Waals surface area contributed by atoms with E-state index in [2.05, 4.69) is 5.32 Å².